The fraction of sp³-hybridized carbons (Fsp3) is 0.237. The summed E-state index contributed by atoms with van der Waals surface area (Å²) in [6.07, 6.45) is 11.3. The van der Waals surface area contributed by atoms with E-state index in [0.717, 1.165) is 21.9 Å². The zero-order chi connectivity index (χ0) is 34.8. The molecule has 7 rings (SSSR count). The van der Waals surface area contributed by atoms with Gasteiger partial charge in [-0.3, -0.25) is 14.7 Å². The molecule has 1 saturated heterocycles. The van der Waals surface area contributed by atoms with E-state index in [1.165, 1.54) is 16.8 Å². The first kappa shape index (κ1) is 32.5. The maximum absolute atomic E-state index is 16.2. The highest BCUT2D eigenvalue weighted by Gasteiger charge is 2.36. The third-order valence-corrected chi connectivity index (χ3v) is 8.44. The zero-order valence-corrected chi connectivity index (χ0v) is 27.9. The number of carbonyl (C=O) groups excluding carboxylic acids is 2. The summed E-state index contributed by atoms with van der Waals surface area (Å²) in [6.45, 7) is 6.09. The van der Waals surface area contributed by atoms with Gasteiger partial charge in [0.25, 0.3) is 5.91 Å². The third-order valence-electron chi connectivity index (χ3n) is 8.44. The predicted molar refractivity (Wildman–Crippen MR) is 189 cm³/mol. The van der Waals surface area contributed by atoms with E-state index in [1.54, 1.807) is 52.8 Å². The number of nitrogens with zero attached hydrogens (tertiary/aromatic N) is 8. The Morgan fingerprint density at radius 3 is 2.64 bits per heavy atom. The highest BCUT2D eigenvalue weighted by atomic mass is 19.1. The number of benzene rings is 2. The number of hydrogen-bond donors (Lipinski definition) is 0. The number of amides is 2. The summed E-state index contributed by atoms with van der Waals surface area (Å²) < 4.78 is 23.3. The van der Waals surface area contributed by atoms with Crippen LogP contribution in [0.4, 0.5) is 15.0 Å². The van der Waals surface area contributed by atoms with Crippen molar-refractivity contribution in [2.45, 2.75) is 45.3 Å². The predicted octanol–water partition coefficient (Wildman–Crippen LogP) is 7.11. The lowest BCUT2D eigenvalue weighted by molar-refractivity contribution is 0.0196. The Morgan fingerprint density at radius 1 is 0.980 bits per heavy atom. The second kappa shape index (κ2) is 13.5. The molecule has 2 amide bonds. The van der Waals surface area contributed by atoms with Crippen LogP contribution in [0.2, 0.25) is 0 Å². The van der Waals surface area contributed by atoms with Crippen molar-refractivity contribution < 1.29 is 18.7 Å². The summed E-state index contributed by atoms with van der Waals surface area (Å²) in [4.78, 5) is 44.4. The number of ether oxygens (including phenoxy) is 1. The Balaban J connectivity index is 1.33. The monoisotopic (exact) mass is 670 g/mol. The Hall–Kier alpha value is -6.04. The quantitative estimate of drug-likeness (QED) is 0.184. The van der Waals surface area contributed by atoms with Gasteiger partial charge in [0.05, 0.1) is 17.3 Å². The molecule has 1 fully saturated rings. The number of hydrogen-bond acceptors (Lipinski definition) is 8. The summed E-state index contributed by atoms with van der Waals surface area (Å²) in [6, 6.07) is 18.8. The number of pyridine rings is 3. The van der Waals surface area contributed by atoms with E-state index in [2.05, 4.69) is 20.3 Å². The van der Waals surface area contributed by atoms with Gasteiger partial charge in [-0.15, -0.1) is 5.10 Å². The minimum Gasteiger partial charge on any atom is -0.444 e. The second-order valence-electron chi connectivity index (χ2n) is 13.1. The number of carbonyl (C=O) groups is 2. The average Bonchev–Trinajstić information content (AvgIpc) is 3.55. The molecule has 11 nitrogen and oxygen atoms in total. The van der Waals surface area contributed by atoms with Crippen molar-refractivity contribution in [2.75, 3.05) is 18.0 Å². The number of anilines is 1. The Kier molecular flexibility index (Phi) is 8.75. The molecule has 0 aliphatic carbocycles. The summed E-state index contributed by atoms with van der Waals surface area (Å²) in [5.41, 5.74) is 2.26. The molecule has 252 valence electrons. The fourth-order valence-corrected chi connectivity index (χ4v) is 6.19. The van der Waals surface area contributed by atoms with Crippen LogP contribution in [0.1, 0.15) is 55.1 Å². The average molecular weight is 671 g/mol. The van der Waals surface area contributed by atoms with Gasteiger partial charge in [0, 0.05) is 49.3 Å². The molecule has 0 N–H and O–H groups in total. The van der Waals surface area contributed by atoms with E-state index >= 15 is 4.39 Å². The van der Waals surface area contributed by atoms with Crippen LogP contribution in [0.5, 0.6) is 0 Å². The van der Waals surface area contributed by atoms with Crippen LogP contribution in [-0.2, 0) is 4.74 Å². The number of halogens is 1. The molecule has 1 atom stereocenters. The number of rotatable bonds is 6. The molecule has 4 aromatic heterocycles. The van der Waals surface area contributed by atoms with Crippen molar-refractivity contribution in [3.05, 3.63) is 114 Å². The lowest BCUT2D eigenvalue weighted by Gasteiger charge is -2.39. The van der Waals surface area contributed by atoms with E-state index in [-0.39, 0.29) is 12.1 Å². The number of likely N-dealkylation sites (tertiary alicyclic amines) is 1. The Bertz CT molecular complexity index is 2230. The van der Waals surface area contributed by atoms with Crippen LogP contribution in [0, 0.1) is 5.82 Å². The SMILES string of the molecule is CC(C)(C)OC(=O)N1CCC[C@@H](N(C(=O)c2ccc(-n3nnc4cccnc43)cc2F)c2nccc3cccc(/C=C/c4cccnc4)c23)C1. The minimum absolute atomic E-state index is 0.150. The van der Waals surface area contributed by atoms with Crippen LogP contribution in [-0.4, -0.2) is 71.6 Å². The van der Waals surface area contributed by atoms with Crippen LogP contribution in [0.15, 0.2) is 91.5 Å². The van der Waals surface area contributed by atoms with Crippen molar-refractivity contribution >= 4 is 51.9 Å². The van der Waals surface area contributed by atoms with Crippen LogP contribution in [0.3, 0.4) is 0 Å². The van der Waals surface area contributed by atoms with Gasteiger partial charge in [-0.1, -0.05) is 41.6 Å². The number of aromatic nitrogens is 6. The third kappa shape index (κ3) is 6.64. The van der Waals surface area contributed by atoms with Crippen molar-refractivity contribution in [1.82, 2.24) is 34.8 Å². The molecule has 2 aromatic carbocycles. The summed E-state index contributed by atoms with van der Waals surface area (Å²) in [5, 5.41) is 9.83. The van der Waals surface area contributed by atoms with Crippen LogP contribution >= 0.6 is 0 Å². The van der Waals surface area contributed by atoms with Gasteiger partial charge in [0.15, 0.2) is 5.65 Å². The molecule has 0 bridgehead atoms. The van der Waals surface area contributed by atoms with Gasteiger partial charge in [0.1, 0.15) is 22.8 Å². The maximum Gasteiger partial charge on any atom is 0.410 e. The lowest BCUT2D eigenvalue weighted by Crippen LogP contribution is -2.53. The van der Waals surface area contributed by atoms with Crippen LogP contribution in [0.25, 0.3) is 39.8 Å². The molecule has 1 aliphatic rings. The van der Waals surface area contributed by atoms with Crippen molar-refractivity contribution in [3.63, 3.8) is 0 Å². The molecule has 0 unspecified atom stereocenters. The van der Waals surface area contributed by atoms with Crippen LogP contribution < -0.4 is 4.90 Å². The largest absolute Gasteiger partial charge is 0.444 e. The molecule has 6 aromatic rings. The van der Waals surface area contributed by atoms with E-state index < -0.39 is 29.5 Å². The van der Waals surface area contributed by atoms with Gasteiger partial charge in [-0.25, -0.2) is 19.2 Å². The smallest absolute Gasteiger partial charge is 0.410 e. The highest BCUT2D eigenvalue weighted by Crippen LogP contribution is 2.34. The molecule has 50 heavy (non-hydrogen) atoms. The maximum atomic E-state index is 16.2. The zero-order valence-electron chi connectivity index (χ0n) is 27.9. The van der Waals surface area contributed by atoms with Gasteiger partial charge in [0.2, 0.25) is 0 Å². The summed E-state index contributed by atoms with van der Waals surface area (Å²) in [5.74, 6) is -0.962. The van der Waals surface area contributed by atoms with E-state index in [1.807, 2.05) is 69.3 Å². The molecule has 0 saturated carbocycles. The minimum atomic E-state index is -0.742. The van der Waals surface area contributed by atoms with E-state index in [0.29, 0.717) is 42.1 Å². The van der Waals surface area contributed by atoms with Gasteiger partial charge < -0.3 is 9.64 Å². The second-order valence-corrected chi connectivity index (χ2v) is 13.1. The Morgan fingerprint density at radius 2 is 1.84 bits per heavy atom. The topological polar surface area (TPSA) is 119 Å². The van der Waals surface area contributed by atoms with Gasteiger partial charge in [-0.05, 0) is 86.5 Å². The first-order chi connectivity index (χ1) is 24.2. The van der Waals surface area contributed by atoms with Crippen molar-refractivity contribution in [2.24, 2.45) is 0 Å². The molecule has 12 heteroatoms. The summed E-state index contributed by atoms with van der Waals surface area (Å²) >= 11 is 0. The highest BCUT2D eigenvalue weighted by molar-refractivity contribution is 6.12. The molecule has 0 radical (unpaired) electrons. The standard InChI is InChI=1S/C38H35FN8O3/c1-38(2,3)50-37(49)45-21-7-11-29(24-45)46(35-33-26(9-4-10-27(33)17-20-42-35)14-13-25-8-5-18-40-23-25)36(48)30-16-15-28(22-31(30)39)47-34-32(43-44-47)12-6-19-41-34/h4-6,8-10,12-20,22-23,29H,7,11,21,24H2,1-3H3/b14-13+/t29-/m1/s1. The molecule has 0 spiro atoms. The normalized spacial score (nSPS) is 15.1. The molecule has 5 heterocycles. The van der Waals surface area contributed by atoms with Gasteiger partial charge in [-0.2, -0.15) is 4.68 Å². The first-order valence-electron chi connectivity index (χ1n) is 16.4. The Labute approximate surface area is 288 Å². The van der Waals surface area contributed by atoms with Crippen molar-refractivity contribution in [1.29, 1.82) is 0 Å². The van der Waals surface area contributed by atoms with E-state index in [9.17, 15) is 9.59 Å². The first-order valence-corrected chi connectivity index (χ1v) is 16.4. The number of fused-ring (bicyclic) bond motifs is 2. The molecule has 1 aliphatic heterocycles. The molecular formula is C38H35FN8O3. The van der Waals surface area contributed by atoms with E-state index in [4.69, 9.17) is 9.72 Å². The van der Waals surface area contributed by atoms with Crippen molar-refractivity contribution in [3.8, 4) is 5.69 Å². The lowest BCUT2D eigenvalue weighted by atomic mass is 9.99. The summed E-state index contributed by atoms with van der Waals surface area (Å²) in [7, 11) is 0. The molecular weight excluding hydrogens is 635 g/mol. The van der Waals surface area contributed by atoms with Gasteiger partial charge >= 0.3 is 6.09 Å². The fourth-order valence-electron chi connectivity index (χ4n) is 6.19. The number of piperidine rings is 1.